The average molecular weight is 272 g/mol. The van der Waals surface area contributed by atoms with Crippen molar-refractivity contribution in [1.82, 2.24) is 9.97 Å². The van der Waals surface area contributed by atoms with Crippen molar-refractivity contribution in [2.24, 2.45) is 0 Å². The number of anilines is 1. The molecule has 17 heavy (non-hydrogen) atoms. The summed E-state index contributed by atoms with van der Waals surface area (Å²) in [6, 6.07) is 2.21. The quantitative estimate of drug-likeness (QED) is 0.803. The predicted molar refractivity (Wildman–Crippen MR) is 75.1 cm³/mol. The molecule has 94 valence electrons. The van der Waals surface area contributed by atoms with Crippen LogP contribution in [0.2, 0.25) is 5.15 Å². The number of halogens is 1. The lowest BCUT2D eigenvalue weighted by Crippen LogP contribution is -2.19. The smallest absolute Gasteiger partial charge is 0.135 e. The molecule has 5 heteroatoms. The Bertz CT molecular complexity index is 382. The first-order chi connectivity index (χ1) is 8.19. The monoisotopic (exact) mass is 271 g/mol. The Morgan fingerprint density at radius 3 is 2.94 bits per heavy atom. The van der Waals surface area contributed by atoms with Crippen LogP contribution in [0.5, 0.6) is 0 Å². The molecule has 1 unspecified atom stereocenters. The molecule has 3 nitrogen and oxygen atoms in total. The maximum atomic E-state index is 6.01. The summed E-state index contributed by atoms with van der Waals surface area (Å²) in [4.78, 5) is 8.80. The number of nitrogens with one attached hydrogen (secondary N) is 1. The van der Waals surface area contributed by atoms with Gasteiger partial charge in [0.1, 0.15) is 16.8 Å². The van der Waals surface area contributed by atoms with Gasteiger partial charge >= 0.3 is 0 Å². The van der Waals surface area contributed by atoms with E-state index in [-0.39, 0.29) is 0 Å². The van der Waals surface area contributed by atoms with Crippen LogP contribution in [0.3, 0.4) is 0 Å². The standard InChI is InChI=1S/C12H18ClN3S/c1-3-17-7-8(2)14-11-6-10(13)15-12(16-11)9-4-5-9/h6,8-9H,3-5,7H2,1-2H3,(H,14,15,16). The van der Waals surface area contributed by atoms with Gasteiger partial charge in [0.2, 0.25) is 0 Å². The van der Waals surface area contributed by atoms with Crippen LogP contribution in [0.25, 0.3) is 0 Å². The average Bonchev–Trinajstić information content (AvgIpc) is 3.09. The molecule has 0 radical (unpaired) electrons. The zero-order chi connectivity index (χ0) is 12.3. The van der Waals surface area contributed by atoms with Crippen LogP contribution >= 0.6 is 23.4 Å². The highest BCUT2D eigenvalue weighted by atomic mass is 35.5. The van der Waals surface area contributed by atoms with Gasteiger partial charge < -0.3 is 5.32 Å². The molecule has 1 N–H and O–H groups in total. The van der Waals surface area contributed by atoms with E-state index in [2.05, 4.69) is 29.1 Å². The van der Waals surface area contributed by atoms with E-state index < -0.39 is 0 Å². The van der Waals surface area contributed by atoms with Crippen molar-refractivity contribution >= 4 is 29.2 Å². The van der Waals surface area contributed by atoms with Crippen LogP contribution in [-0.4, -0.2) is 27.5 Å². The number of nitrogens with zero attached hydrogens (tertiary/aromatic N) is 2. The SMILES string of the molecule is CCSCC(C)Nc1cc(Cl)nc(C2CC2)n1. The van der Waals surface area contributed by atoms with E-state index in [1.165, 1.54) is 12.8 Å². The van der Waals surface area contributed by atoms with Crippen LogP contribution in [-0.2, 0) is 0 Å². The van der Waals surface area contributed by atoms with Crippen molar-refractivity contribution in [3.8, 4) is 0 Å². The van der Waals surface area contributed by atoms with Crippen LogP contribution in [0.15, 0.2) is 6.07 Å². The van der Waals surface area contributed by atoms with Crippen LogP contribution in [0.1, 0.15) is 38.4 Å². The summed E-state index contributed by atoms with van der Waals surface area (Å²) in [5.74, 6) is 4.52. The van der Waals surface area contributed by atoms with E-state index >= 15 is 0 Å². The molecular formula is C12H18ClN3S. The highest BCUT2D eigenvalue weighted by Crippen LogP contribution is 2.38. The third-order valence-electron chi connectivity index (χ3n) is 2.62. The van der Waals surface area contributed by atoms with Crippen molar-refractivity contribution in [3.05, 3.63) is 17.0 Å². The lowest BCUT2D eigenvalue weighted by molar-refractivity contribution is 0.873. The highest BCUT2D eigenvalue weighted by molar-refractivity contribution is 7.99. The molecule has 1 aliphatic carbocycles. The fourth-order valence-electron chi connectivity index (χ4n) is 1.62. The zero-order valence-electron chi connectivity index (χ0n) is 10.2. The van der Waals surface area contributed by atoms with Gasteiger partial charge in [0, 0.05) is 23.8 Å². The van der Waals surface area contributed by atoms with E-state index in [0.29, 0.717) is 17.1 Å². The van der Waals surface area contributed by atoms with Crippen molar-refractivity contribution < 1.29 is 0 Å². The second-order valence-corrected chi connectivity index (χ2v) is 6.12. The molecule has 1 heterocycles. The Balaban J connectivity index is 1.99. The lowest BCUT2D eigenvalue weighted by atomic mass is 10.3. The Morgan fingerprint density at radius 1 is 1.53 bits per heavy atom. The van der Waals surface area contributed by atoms with E-state index in [9.17, 15) is 0 Å². The molecule has 1 aliphatic rings. The van der Waals surface area contributed by atoms with Crippen LogP contribution in [0, 0.1) is 0 Å². The third-order valence-corrected chi connectivity index (χ3v) is 3.96. The summed E-state index contributed by atoms with van der Waals surface area (Å²) in [5.41, 5.74) is 0. The number of rotatable bonds is 6. The molecule has 1 aromatic heterocycles. The van der Waals surface area contributed by atoms with Crippen molar-refractivity contribution in [3.63, 3.8) is 0 Å². The lowest BCUT2D eigenvalue weighted by Gasteiger charge is -2.14. The molecule has 0 spiro atoms. The van der Waals surface area contributed by atoms with Crippen LogP contribution < -0.4 is 5.32 Å². The van der Waals surface area contributed by atoms with E-state index in [1.54, 1.807) is 6.07 Å². The maximum Gasteiger partial charge on any atom is 0.135 e. The van der Waals surface area contributed by atoms with Gasteiger partial charge in [-0.3, -0.25) is 0 Å². The number of hydrogen-bond acceptors (Lipinski definition) is 4. The van der Waals surface area contributed by atoms with E-state index in [4.69, 9.17) is 11.6 Å². The van der Waals surface area contributed by atoms with E-state index in [0.717, 1.165) is 23.1 Å². The Morgan fingerprint density at radius 2 is 2.29 bits per heavy atom. The first-order valence-electron chi connectivity index (χ1n) is 6.07. The minimum atomic E-state index is 0.401. The Labute approximate surface area is 112 Å². The first kappa shape index (κ1) is 13.0. The first-order valence-corrected chi connectivity index (χ1v) is 7.61. The van der Waals surface area contributed by atoms with Crippen molar-refractivity contribution in [1.29, 1.82) is 0 Å². The molecule has 1 atom stereocenters. The molecular weight excluding hydrogens is 254 g/mol. The molecule has 1 aromatic rings. The van der Waals surface area contributed by atoms with E-state index in [1.807, 2.05) is 11.8 Å². The number of thioether (sulfide) groups is 1. The molecule has 0 saturated heterocycles. The predicted octanol–water partition coefficient (Wildman–Crippen LogP) is 3.56. The van der Waals surface area contributed by atoms with Gasteiger partial charge in [-0.05, 0) is 25.5 Å². The largest absolute Gasteiger partial charge is 0.367 e. The van der Waals surface area contributed by atoms with Gasteiger partial charge in [0.05, 0.1) is 0 Å². The molecule has 0 aromatic carbocycles. The van der Waals surface area contributed by atoms with Gasteiger partial charge in [0.15, 0.2) is 0 Å². The number of hydrogen-bond donors (Lipinski definition) is 1. The van der Waals surface area contributed by atoms with Gasteiger partial charge in [0.25, 0.3) is 0 Å². The molecule has 0 aliphatic heterocycles. The molecule has 1 saturated carbocycles. The third kappa shape index (κ3) is 4.03. The van der Waals surface area contributed by atoms with Gasteiger partial charge in [-0.25, -0.2) is 9.97 Å². The summed E-state index contributed by atoms with van der Waals surface area (Å²) in [6.07, 6.45) is 2.39. The molecule has 1 fully saturated rings. The zero-order valence-corrected chi connectivity index (χ0v) is 11.8. The summed E-state index contributed by atoms with van der Waals surface area (Å²) in [5, 5.41) is 3.93. The highest BCUT2D eigenvalue weighted by Gasteiger charge is 2.27. The normalized spacial score (nSPS) is 16.9. The van der Waals surface area contributed by atoms with Gasteiger partial charge in [-0.2, -0.15) is 11.8 Å². The van der Waals surface area contributed by atoms with Crippen molar-refractivity contribution in [2.45, 2.75) is 38.6 Å². The second kappa shape index (κ2) is 5.91. The minimum Gasteiger partial charge on any atom is -0.367 e. The summed E-state index contributed by atoms with van der Waals surface area (Å²) < 4.78 is 0. The maximum absolute atomic E-state index is 6.01. The number of aromatic nitrogens is 2. The molecule has 0 bridgehead atoms. The van der Waals surface area contributed by atoms with Gasteiger partial charge in [-0.15, -0.1) is 0 Å². The summed E-state index contributed by atoms with van der Waals surface area (Å²) in [6.45, 7) is 4.33. The topological polar surface area (TPSA) is 37.8 Å². The summed E-state index contributed by atoms with van der Waals surface area (Å²) >= 11 is 7.94. The second-order valence-electron chi connectivity index (χ2n) is 4.41. The van der Waals surface area contributed by atoms with Crippen LogP contribution in [0.4, 0.5) is 5.82 Å². The van der Waals surface area contributed by atoms with Crippen molar-refractivity contribution in [2.75, 3.05) is 16.8 Å². The minimum absolute atomic E-state index is 0.401. The van der Waals surface area contributed by atoms with Gasteiger partial charge in [-0.1, -0.05) is 18.5 Å². The summed E-state index contributed by atoms with van der Waals surface area (Å²) in [7, 11) is 0. The molecule has 2 rings (SSSR count). The Hall–Kier alpha value is -0.480. The fourth-order valence-corrected chi connectivity index (χ4v) is 2.48. The Kier molecular flexibility index (Phi) is 4.51. The molecule has 0 amide bonds. The fraction of sp³-hybridized carbons (Fsp3) is 0.667.